The average Bonchev–Trinajstić information content (AvgIpc) is 2.96. The molecule has 0 saturated heterocycles. The first-order valence-corrected chi connectivity index (χ1v) is 9.63. The molecule has 23 heavy (non-hydrogen) atoms. The Hall–Kier alpha value is -1.73. The zero-order chi connectivity index (χ0) is 16.1. The van der Waals surface area contributed by atoms with Crippen LogP contribution in [0.4, 0.5) is 0 Å². The first kappa shape index (κ1) is 16.1. The Kier molecular flexibility index (Phi) is 5.40. The Morgan fingerprint density at radius 1 is 1.13 bits per heavy atom. The van der Waals surface area contributed by atoms with Crippen molar-refractivity contribution in [2.24, 2.45) is 0 Å². The van der Waals surface area contributed by atoms with Crippen LogP contribution in [0.1, 0.15) is 24.9 Å². The van der Waals surface area contributed by atoms with Gasteiger partial charge in [0.2, 0.25) is 0 Å². The van der Waals surface area contributed by atoms with E-state index in [4.69, 9.17) is 0 Å². The monoisotopic (exact) mass is 346 g/mol. The van der Waals surface area contributed by atoms with Crippen LogP contribution in [0.15, 0.2) is 40.3 Å². The smallest absolute Gasteiger partial charge is 0.251 e. The molecule has 0 fully saturated rings. The summed E-state index contributed by atoms with van der Waals surface area (Å²) in [5, 5.41) is 0.644. The minimum atomic E-state index is -0.0980. The second-order valence-corrected chi connectivity index (χ2v) is 7.15. The van der Waals surface area contributed by atoms with Crippen molar-refractivity contribution in [1.29, 1.82) is 0 Å². The third kappa shape index (κ3) is 4.39. The third-order valence-corrected chi connectivity index (χ3v) is 5.24. The summed E-state index contributed by atoms with van der Waals surface area (Å²) in [7, 11) is 0. The maximum Gasteiger partial charge on any atom is 0.251 e. The Morgan fingerprint density at radius 2 is 2.00 bits per heavy atom. The second-order valence-electron chi connectivity index (χ2n) is 5.08. The van der Waals surface area contributed by atoms with Gasteiger partial charge in [-0.05, 0) is 24.3 Å². The zero-order valence-corrected chi connectivity index (χ0v) is 14.5. The lowest BCUT2D eigenvalue weighted by Gasteiger charge is -2.03. The summed E-state index contributed by atoms with van der Waals surface area (Å²) >= 11 is 3.28. The van der Waals surface area contributed by atoms with Gasteiger partial charge in [-0.25, -0.2) is 9.97 Å². The fourth-order valence-corrected chi connectivity index (χ4v) is 3.71. The molecule has 2 heterocycles. The number of nitrogens with zero attached hydrogens (tertiary/aromatic N) is 2. The maximum absolute atomic E-state index is 11.8. The van der Waals surface area contributed by atoms with Gasteiger partial charge in [0, 0.05) is 11.8 Å². The molecule has 0 aliphatic heterocycles. The lowest BCUT2D eigenvalue weighted by molar-refractivity contribution is 0.897. The Labute approximate surface area is 142 Å². The van der Waals surface area contributed by atoms with E-state index in [0.717, 1.165) is 40.5 Å². The molecule has 0 aliphatic carbocycles. The van der Waals surface area contributed by atoms with Crippen LogP contribution in [0.3, 0.4) is 0 Å². The number of nitrogens with one attached hydrogen (secondary N) is 2. The fourth-order valence-electron chi connectivity index (χ4n) is 2.16. The summed E-state index contributed by atoms with van der Waals surface area (Å²) in [6.07, 6.45) is 1.13. The number of benzene rings is 1. The summed E-state index contributed by atoms with van der Waals surface area (Å²) < 4.78 is 0. The van der Waals surface area contributed by atoms with Crippen molar-refractivity contribution in [1.82, 2.24) is 19.9 Å². The van der Waals surface area contributed by atoms with Gasteiger partial charge in [0.1, 0.15) is 5.82 Å². The van der Waals surface area contributed by atoms with Gasteiger partial charge in [-0.3, -0.25) is 4.79 Å². The van der Waals surface area contributed by atoms with Crippen molar-refractivity contribution in [2.75, 3.05) is 5.75 Å². The molecule has 120 valence electrons. The van der Waals surface area contributed by atoms with Gasteiger partial charge in [0.25, 0.3) is 5.56 Å². The van der Waals surface area contributed by atoms with E-state index >= 15 is 0 Å². The normalized spacial score (nSPS) is 11.2. The molecule has 2 N–H and O–H groups in total. The van der Waals surface area contributed by atoms with Crippen LogP contribution in [0, 0.1) is 0 Å². The number of rotatable bonds is 7. The molecular formula is C16H18N4OS2. The minimum absolute atomic E-state index is 0.0980. The highest BCUT2D eigenvalue weighted by molar-refractivity contribution is 7.98. The van der Waals surface area contributed by atoms with E-state index in [2.05, 4.69) is 26.9 Å². The third-order valence-electron chi connectivity index (χ3n) is 3.16. The molecule has 0 unspecified atom stereocenters. The maximum atomic E-state index is 11.8. The summed E-state index contributed by atoms with van der Waals surface area (Å²) in [6.45, 7) is 2.15. The summed E-state index contributed by atoms with van der Waals surface area (Å²) in [4.78, 5) is 26.9. The van der Waals surface area contributed by atoms with E-state index in [1.165, 1.54) is 11.8 Å². The lowest BCUT2D eigenvalue weighted by atomic mass is 10.3. The standard InChI is InChI=1S/C16H18N4OS2/c1-2-7-22-9-11-8-15(21)20-16(17-11)23-10-14-18-12-5-3-4-6-13(12)19-14/h3-6,8H,2,7,9-10H2,1H3,(H,18,19)(H,17,20,21). The number of hydrogen-bond acceptors (Lipinski definition) is 5. The Bertz CT molecular complexity index is 810. The number of H-pyrrole nitrogens is 2. The highest BCUT2D eigenvalue weighted by atomic mass is 32.2. The highest BCUT2D eigenvalue weighted by Gasteiger charge is 2.06. The van der Waals surface area contributed by atoms with Crippen LogP contribution in [-0.2, 0) is 11.5 Å². The van der Waals surface area contributed by atoms with Gasteiger partial charge in [-0.15, -0.1) is 0 Å². The number of thioether (sulfide) groups is 2. The van der Waals surface area contributed by atoms with E-state index in [1.807, 2.05) is 24.3 Å². The van der Waals surface area contributed by atoms with Gasteiger partial charge in [0.05, 0.1) is 22.5 Å². The van der Waals surface area contributed by atoms with E-state index in [1.54, 1.807) is 17.8 Å². The average molecular weight is 346 g/mol. The second kappa shape index (κ2) is 7.70. The number of aromatic nitrogens is 4. The van der Waals surface area contributed by atoms with Crippen LogP contribution in [0.2, 0.25) is 0 Å². The van der Waals surface area contributed by atoms with Crippen molar-refractivity contribution >= 4 is 34.6 Å². The Morgan fingerprint density at radius 3 is 2.83 bits per heavy atom. The largest absolute Gasteiger partial charge is 0.341 e. The molecule has 0 radical (unpaired) electrons. The molecule has 0 aliphatic rings. The predicted molar refractivity (Wildman–Crippen MR) is 97.0 cm³/mol. The molecule has 3 aromatic rings. The summed E-state index contributed by atoms with van der Waals surface area (Å²) in [6, 6.07) is 9.51. The van der Waals surface area contributed by atoms with Crippen LogP contribution in [0.5, 0.6) is 0 Å². The van der Waals surface area contributed by atoms with Gasteiger partial charge < -0.3 is 9.97 Å². The van der Waals surface area contributed by atoms with E-state index in [-0.39, 0.29) is 5.56 Å². The van der Waals surface area contributed by atoms with Gasteiger partial charge >= 0.3 is 0 Å². The van der Waals surface area contributed by atoms with E-state index in [0.29, 0.717) is 10.9 Å². The van der Waals surface area contributed by atoms with E-state index < -0.39 is 0 Å². The van der Waals surface area contributed by atoms with Crippen molar-refractivity contribution in [3.63, 3.8) is 0 Å². The van der Waals surface area contributed by atoms with Crippen LogP contribution >= 0.6 is 23.5 Å². The minimum Gasteiger partial charge on any atom is -0.341 e. The topological polar surface area (TPSA) is 74.4 Å². The van der Waals surface area contributed by atoms with Crippen molar-refractivity contribution < 1.29 is 0 Å². The molecule has 0 saturated carbocycles. The molecule has 0 amide bonds. The van der Waals surface area contributed by atoms with Crippen molar-refractivity contribution in [3.8, 4) is 0 Å². The summed E-state index contributed by atoms with van der Waals surface area (Å²) in [5.74, 6) is 3.37. The molecule has 5 nitrogen and oxygen atoms in total. The van der Waals surface area contributed by atoms with Gasteiger partial charge in [-0.2, -0.15) is 11.8 Å². The number of aromatic amines is 2. The number of imidazole rings is 1. The molecule has 1 aromatic carbocycles. The molecular weight excluding hydrogens is 328 g/mol. The van der Waals surface area contributed by atoms with E-state index in [9.17, 15) is 4.79 Å². The highest BCUT2D eigenvalue weighted by Crippen LogP contribution is 2.20. The van der Waals surface area contributed by atoms with Crippen LogP contribution < -0.4 is 5.56 Å². The molecule has 0 atom stereocenters. The zero-order valence-electron chi connectivity index (χ0n) is 12.8. The molecule has 7 heteroatoms. The lowest BCUT2D eigenvalue weighted by Crippen LogP contribution is -2.09. The van der Waals surface area contributed by atoms with Crippen molar-refractivity contribution in [2.45, 2.75) is 30.0 Å². The van der Waals surface area contributed by atoms with Crippen LogP contribution in [-0.4, -0.2) is 25.7 Å². The predicted octanol–water partition coefficient (Wildman–Crippen LogP) is 3.58. The first-order valence-electron chi connectivity index (χ1n) is 7.49. The molecule has 3 rings (SSSR count). The summed E-state index contributed by atoms with van der Waals surface area (Å²) in [5.41, 5.74) is 2.71. The van der Waals surface area contributed by atoms with Gasteiger partial charge in [-0.1, -0.05) is 30.8 Å². The quantitative estimate of drug-likeness (QED) is 0.388. The fraction of sp³-hybridized carbons (Fsp3) is 0.312. The molecule has 2 aromatic heterocycles. The number of hydrogen-bond donors (Lipinski definition) is 2. The first-order chi connectivity index (χ1) is 11.2. The molecule has 0 spiro atoms. The Balaban J connectivity index is 1.68. The van der Waals surface area contributed by atoms with Crippen LogP contribution in [0.25, 0.3) is 11.0 Å². The van der Waals surface area contributed by atoms with Crippen molar-refractivity contribution in [3.05, 3.63) is 52.2 Å². The van der Waals surface area contributed by atoms with Gasteiger partial charge in [0.15, 0.2) is 5.16 Å². The number of para-hydroxylation sites is 2. The molecule has 0 bridgehead atoms. The SMILES string of the molecule is CCCSCc1cc(=O)[nH]c(SCc2nc3ccccc3[nH]2)n1. The number of fused-ring (bicyclic) bond motifs is 1.